The van der Waals surface area contributed by atoms with Crippen LogP contribution in [-0.4, -0.2) is 23.6 Å². The first-order chi connectivity index (χ1) is 14.2. The highest BCUT2D eigenvalue weighted by Crippen LogP contribution is 2.39. The van der Waals surface area contributed by atoms with Crippen molar-refractivity contribution in [2.75, 3.05) is 23.4 Å². The monoisotopic (exact) mass is 429 g/mol. The third kappa shape index (κ3) is 5.14. The molecule has 0 saturated carbocycles. The number of anilines is 2. The lowest BCUT2D eigenvalue weighted by Crippen LogP contribution is -2.34. The topological polar surface area (TPSA) is 79.5 Å². The standard InChI is InChI=1S/C23H31N3O3S/c1-23(2,3)16-13-19(21(29-4)20(14-16)26-30(5)28)25-22(27)24-18-12-8-10-15-9-6-7-11-17(15)18/h6-7,9,11,13-14,18,26H,8,10,12H2,1-5H3,(H2,24,25,27). The highest BCUT2D eigenvalue weighted by Gasteiger charge is 2.24. The maximum atomic E-state index is 12.9. The zero-order valence-electron chi connectivity index (χ0n) is 18.3. The van der Waals surface area contributed by atoms with Crippen LogP contribution in [0.2, 0.25) is 0 Å². The summed E-state index contributed by atoms with van der Waals surface area (Å²) in [6.07, 6.45) is 4.55. The lowest BCUT2D eigenvalue weighted by Gasteiger charge is -2.27. The zero-order chi connectivity index (χ0) is 21.9. The average Bonchev–Trinajstić information content (AvgIpc) is 2.67. The zero-order valence-corrected chi connectivity index (χ0v) is 19.1. The first-order valence-electron chi connectivity index (χ1n) is 10.2. The molecule has 2 atom stereocenters. The largest absolute Gasteiger partial charge is 0.492 e. The van der Waals surface area contributed by atoms with Crippen molar-refractivity contribution in [2.45, 2.75) is 51.5 Å². The minimum absolute atomic E-state index is 0.0208. The van der Waals surface area contributed by atoms with Gasteiger partial charge in [-0.3, -0.25) is 0 Å². The Bertz CT molecular complexity index is 953. The van der Waals surface area contributed by atoms with E-state index in [2.05, 4.69) is 48.3 Å². The summed E-state index contributed by atoms with van der Waals surface area (Å²) >= 11 is 0. The lowest BCUT2D eigenvalue weighted by molar-refractivity contribution is 0.247. The molecule has 30 heavy (non-hydrogen) atoms. The number of hydrogen-bond acceptors (Lipinski definition) is 3. The normalized spacial score (nSPS) is 16.9. The number of methoxy groups -OCH3 is 1. The number of rotatable bonds is 5. The number of urea groups is 1. The van der Waals surface area contributed by atoms with Gasteiger partial charge in [0.05, 0.1) is 24.5 Å². The van der Waals surface area contributed by atoms with E-state index in [1.807, 2.05) is 24.3 Å². The fourth-order valence-corrected chi connectivity index (χ4v) is 4.29. The molecule has 7 heteroatoms. The molecular weight excluding hydrogens is 398 g/mol. The van der Waals surface area contributed by atoms with E-state index in [9.17, 15) is 9.00 Å². The maximum Gasteiger partial charge on any atom is 0.319 e. The van der Waals surface area contributed by atoms with E-state index in [0.29, 0.717) is 17.1 Å². The van der Waals surface area contributed by atoms with Gasteiger partial charge in [-0.25, -0.2) is 9.00 Å². The predicted molar refractivity (Wildman–Crippen MR) is 124 cm³/mol. The number of ether oxygens (including phenoxy) is 1. The molecular formula is C23H31N3O3S. The quantitative estimate of drug-likeness (QED) is 0.633. The van der Waals surface area contributed by atoms with Crippen LogP contribution in [0.4, 0.5) is 16.2 Å². The SMILES string of the molecule is COc1c(NC(=O)NC2CCCc3ccccc32)cc(C(C)(C)C)cc1NS(C)=O. The summed E-state index contributed by atoms with van der Waals surface area (Å²) < 4.78 is 20.3. The lowest BCUT2D eigenvalue weighted by atomic mass is 9.86. The summed E-state index contributed by atoms with van der Waals surface area (Å²) in [4.78, 5) is 12.9. The van der Waals surface area contributed by atoms with Crippen molar-refractivity contribution in [1.29, 1.82) is 0 Å². The van der Waals surface area contributed by atoms with Gasteiger partial charge < -0.3 is 20.1 Å². The molecule has 3 N–H and O–H groups in total. The molecule has 1 aliphatic rings. The molecule has 0 bridgehead atoms. The van der Waals surface area contributed by atoms with Crippen LogP contribution in [0.3, 0.4) is 0 Å². The summed E-state index contributed by atoms with van der Waals surface area (Å²) in [5, 5.41) is 6.06. The molecule has 0 fully saturated rings. The summed E-state index contributed by atoms with van der Waals surface area (Å²) in [6.45, 7) is 6.26. The predicted octanol–water partition coefficient (Wildman–Crippen LogP) is 4.90. The number of nitrogens with one attached hydrogen (secondary N) is 3. The van der Waals surface area contributed by atoms with Crippen LogP contribution >= 0.6 is 0 Å². The third-order valence-corrected chi connectivity index (χ3v) is 5.84. The molecule has 0 aliphatic heterocycles. The van der Waals surface area contributed by atoms with E-state index in [1.165, 1.54) is 18.2 Å². The van der Waals surface area contributed by atoms with E-state index < -0.39 is 11.0 Å². The van der Waals surface area contributed by atoms with E-state index in [-0.39, 0.29) is 17.5 Å². The van der Waals surface area contributed by atoms with E-state index in [0.717, 1.165) is 24.8 Å². The molecule has 0 heterocycles. The van der Waals surface area contributed by atoms with Gasteiger partial charge in [0.15, 0.2) is 5.75 Å². The van der Waals surface area contributed by atoms with Gasteiger partial charge in [-0.2, -0.15) is 0 Å². The van der Waals surface area contributed by atoms with Gasteiger partial charge >= 0.3 is 6.03 Å². The maximum absolute atomic E-state index is 12.9. The number of benzene rings is 2. The molecule has 162 valence electrons. The summed E-state index contributed by atoms with van der Waals surface area (Å²) in [5.41, 5.74) is 4.43. The van der Waals surface area contributed by atoms with E-state index >= 15 is 0 Å². The van der Waals surface area contributed by atoms with Gasteiger partial charge in [-0.1, -0.05) is 45.0 Å². The van der Waals surface area contributed by atoms with Gasteiger partial charge in [0, 0.05) is 6.26 Å². The molecule has 3 rings (SSSR count). The van der Waals surface area contributed by atoms with Crippen LogP contribution in [0.5, 0.6) is 5.75 Å². The second kappa shape index (κ2) is 9.08. The number of carbonyl (C=O) groups is 1. The second-order valence-corrected chi connectivity index (χ2v) is 9.77. The van der Waals surface area contributed by atoms with Crippen molar-refractivity contribution in [1.82, 2.24) is 5.32 Å². The fraction of sp³-hybridized carbons (Fsp3) is 0.435. The Kier molecular flexibility index (Phi) is 6.71. The van der Waals surface area contributed by atoms with Crippen molar-refractivity contribution in [3.63, 3.8) is 0 Å². The number of carbonyl (C=O) groups excluding carboxylic acids is 1. The van der Waals surface area contributed by atoms with Gasteiger partial charge in [0.25, 0.3) is 0 Å². The van der Waals surface area contributed by atoms with Crippen LogP contribution in [0.25, 0.3) is 0 Å². The number of fused-ring (bicyclic) bond motifs is 1. The second-order valence-electron chi connectivity index (χ2n) is 8.65. The van der Waals surface area contributed by atoms with Crippen molar-refractivity contribution >= 4 is 28.4 Å². The average molecular weight is 430 g/mol. The summed E-state index contributed by atoms with van der Waals surface area (Å²) in [7, 11) is 0.265. The third-order valence-electron chi connectivity index (χ3n) is 5.34. The molecule has 2 aromatic rings. The summed E-state index contributed by atoms with van der Waals surface area (Å²) in [5.74, 6) is 0.456. The molecule has 0 aromatic heterocycles. The highest BCUT2D eigenvalue weighted by atomic mass is 32.2. The molecule has 0 spiro atoms. The van der Waals surface area contributed by atoms with Crippen LogP contribution in [0.15, 0.2) is 36.4 Å². The minimum Gasteiger partial charge on any atom is -0.492 e. The Balaban J connectivity index is 1.88. The number of aryl methyl sites for hydroxylation is 1. The molecule has 2 aromatic carbocycles. The summed E-state index contributed by atoms with van der Waals surface area (Å²) in [6, 6.07) is 11.8. The van der Waals surface area contributed by atoms with Gasteiger partial charge in [0.1, 0.15) is 11.0 Å². The van der Waals surface area contributed by atoms with Gasteiger partial charge in [-0.05, 0) is 53.5 Å². The van der Waals surface area contributed by atoms with Crippen LogP contribution in [0, 0.1) is 0 Å². The van der Waals surface area contributed by atoms with Crippen molar-refractivity contribution in [3.05, 3.63) is 53.1 Å². The smallest absolute Gasteiger partial charge is 0.319 e. The Morgan fingerprint density at radius 2 is 1.87 bits per heavy atom. The van der Waals surface area contributed by atoms with E-state index in [4.69, 9.17) is 4.74 Å². The molecule has 6 nitrogen and oxygen atoms in total. The van der Waals surface area contributed by atoms with E-state index in [1.54, 1.807) is 6.26 Å². The van der Waals surface area contributed by atoms with Crippen LogP contribution < -0.4 is 20.1 Å². The highest BCUT2D eigenvalue weighted by molar-refractivity contribution is 7.85. The first-order valence-corrected chi connectivity index (χ1v) is 11.7. The molecule has 2 amide bonds. The number of amides is 2. The molecule has 0 radical (unpaired) electrons. The van der Waals surface area contributed by atoms with Crippen molar-refractivity contribution in [2.24, 2.45) is 0 Å². The number of hydrogen-bond donors (Lipinski definition) is 3. The van der Waals surface area contributed by atoms with Crippen molar-refractivity contribution in [3.8, 4) is 5.75 Å². The first kappa shape index (κ1) is 22.2. The van der Waals surface area contributed by atoms with Gasteiger partial charge in [0.2, 0.25) is 0 Å². The Morgan fingerprint density at radius 3 is 2.53 bits per heavy atom. The Labute approximate surface area is 181 Å². The molecule has 0 saturated heterocycles. The van der Waals surface area contributed by atoms with Crippen LogP contribution in [0.1, 0.15) is 56.3 Å². The van der Waals surface area contributed by atoms with Gasteiger partial charge in [-0.15, -0.1) is 0 Å². The molecule has 1 aliphatic carbocycles. The molecule has 2 unspecified atom stereocenters. The van der Waals surface area contributed by atoms with Crippen LogP contribution in [-0.2, 0) is 22.8 Å². The Hall–Kier alpha value is -2.54. The fourth-order valence-electron chi connectivity index (χ4n) is 3.83. The van der Waals surface area contributed by atoms with Crippen molar-refractivity contribution < 1.29 is 13.7 Å². The minimum atomic E-state index is -1.27. The Morgan fingerprint density at radius 1 is 1.17 bits per heavy atom.